The number of alkyl halides is 6. The van der Waals surface area contributed by atoms with Crippen LogP contribution in [0.1, 0.15) is 60.8 Å². The molecule has 0 aromatic heterocycles. The van der Waals surface area contributed by atoms with Gasteiger partial charge in [0.2, 0.25) is 11.8 Å². The third-order valence-corrected chi connectivity index (χ3v) is 8.91. The molecular weight excluding hydrogens is 603 g/mol. The van der Waals surface area contributed by atoms with Crippen molar-refractivity contribution >= 4 is 17.5 Å². The number of nitrogens with one attached hydrogen (secondary N) is 1. The van der Waals surface area contributed by atoms with Crippen molar-refractivity contribution in [3.05, 3.63) is 101 Å². The molecule has 1 aliphatic carbocycles. The number of nitrogens with zero attached hydrogens (tertiary/aromatic N) is 2. The minimum atomic E-state index is -5.03. The lowest BCUT2D eigenvalue weighted by molar-refractivity contribution is -0.143. The van der Waals surface area contributed by atoms with Crippen molar-refractivity contribution in [2.24, 2.45) is 0 Å². The molecule has 2 aliphatic rings. The Morgan fingerprint density at radius 3 is 1.98 bits per heavy atom. The summed E-state index contributed by atoms with van der Waals surface area (Å²) in [5, 5.41) is 3.00. The number of hydrogen-bond acceptors (Lipinski definition) is 3. The van der Waals surface area contributed by atoms with Gasteiger partial charge in [-0.05, 0) is 86.2 Å². The van der Waals surface area contributed by atoms with Gasteiger partial charge >= 0.3 is 12.4 Å². The summed E-state index contributed by atoms with van der Waals surface area (Å²) < 4.78 is 94.2. The van der Waals surface area contributed by atoms with Crippen LogP contribution in [0.3, 0.4) is 0 Å². The lowest BCUT2D eigenvalue weighted by atomic mass is 9.74. The van der Waals surface area contributed by atoms with E-state index in [0.717, 1.165) is 5.56 Å². The Labute approximate surface area is 256 Å². The molecule has 5 rings (SSSR count). The molecule has 2 amide bonds. The molecule has 1 atom stereocenters. The molecule has 1 saturated carbocycles. The van der Waals surface area contributed by atoms with E-state index in [0.29, 0.717) is 56.6 Å². The zero-order valence-electron chi connectivity index (χ0n) is 24.4. The van der Waals surface area contributed by atoms with E-state index in [-0.39, 0.29) is 30.1 Å². The molecule has 1 saturated heterocycles. The molecule has 0 radical (unpaired) electrons. The van der Waals surface area contributed by atoms with Crippen molar-refractivity contribution in [1.82, 2.24) is 10.2 Å². The van der Waals surface area contributed by atoms with Crippen LogP contribution in [0.25, 0.3) is 0 Å². The summed E-state index contributed by atoms with van der Waals surface area (Å²) in [5.41, 5.74) is -2.84. The summed E-state index contributed by atoms with van der Waals surface area (Å²) >= 11 is 0. The predicted octanol–water partition coefficient (Wildman–Crippen LogP) is 7.27. The molecule has 3 aromatic rings. The normalized spacial score (nSPS) is 22.3. The van der Waals surface area contributed by atoms with Crippen LogP contribution in [0.5, 0.6) is 0 Å². The van der Waals surface area contributed by atoms with Gasteiger partial charge in [0, 0.05) is 24.8 Å². The Hall–Kier alpha value is -3.93. The highest BCUT2D eigenvalue weighted by Crippen LogP contribution is 2.41. The summed E-state index contributed by atoms with van der Waals surface area (Å²) in [6.07, 6.45) is -7.97. The van der Waals surface area contributed by atoms with Gasteiger partial charge < -0.3 is 10.2 Å². The molecule has 1 aliphatic heterocycles. The van der Waals surface area contributed by atoms with E-state index in [1.165, 1.54) is 19.1 Å². The first-order valence-corrected chi connectivity index (χ1v) is 14.6. The fraction of sp³-hybridized carbons (Fsp3) is 0.394. The van der Waals surface area contributed by atoms with Crippen molar-refractivity contribution in [3.8, 4) is 0 Å². The lowest BCUT2D eigenvalue weighted by Crippen LogP contribution is -2.57. The van der Waals surface area contributed by atoms with Crippen molar-refractivity contribution in [2.75, 3.05) is 24.5 Å². The van der Waals surface area contributed by atoms with Gasteiger partial charge in [0.1, 0.15) is 5.82 Å². The molecule has 1 N–H and O–H groups in total. The Morgan fingerprint density at radius 1 is 0.867 bits per heavy atom. The predicted molar refractivity (Wildman–Crippen MR) is 154 cm³/mol. The SMILES string of the molecule is C[C@@H](C(=O)NC1(c2ccccc2)CCC(N2CCN(c3ccc(F)cc3)C(=O)C2)CC1)c1cc(C(F)(F)F)cc(C(F)(F)F)c1. The number of carbonyl (C=O) groups excluding carboxylic acids is 2. The first-order valence-electron chi connectivity index (χ1n) is 14.6. The van der Waals surface area contributed by atoms with Gasteiger partial charge in [-0.2, -0.15) is 26.3 Å². The molecule has 240 valence electrons. The lowest BCUT2D eigenvalue weighted by Gasteiger charge is -2.46. The Bertz CT molecular complexity index is 1480. The smallest absolute Gasteiger partial charge is 0.346 e. The van der Waals surface area contributed by atoms with Crippen LogP contribution in [0.4, 0.5) is 36.4 Å². The average Bonchev–Trinajstić information content (AvgIpc) is 3.01. The summed E-state index contributed by atoms with van der Waals surface area (Å²) in [5.74, 6) is -2.50. The van der Waals surface area contributed by atoms with Gasteiger partial charge in [-0.3, -0.25) is 14.5 Å². The maximum atomic E-state index is 13.6. The minimum absolute atomic E-state index is 0.0216. The van der Waals surface area contributed by atoms with Crippen LogP contribution in [0, 0.1) is 5.82 Å². The van der Waals surface area contributed by atoms with Gasteiger partial charge in [0.25, 0.3) is 0 Å². The quantitative estimate of drug-likeness (QED) is 0.290. The number of piperazine rings is 1. The van der Waals surface area contributed by atoms with Crippen molar-refractivity contribution in [1.29, 1.82) is 0 Å². The van der Waals surface area contributed by atoms with E-state index in [4.69, 9.17) is 0 Å². The molecular formula is C33H32F7N3O2. The highest BCUT2D eigenvalue weighted by molar-refractivity contribution is 5.95. The third-order valence-electron chi connectivity index (χ3n) is 8.91. The number of halogens is 7. The highest BCUT2D eigenvalue weighted by Gasteiger charge is 2.42. The van der Waals surface area contributed by atoms with Crippen LogP contribution < -0.4 is 10.2 Å². The molecule has 0 spiro atoms. The zero-order chi connectivity index (χ0) is 32.6. The summed E-state index contributed by atoms with van der Waals surface area (Å²) in [4.78, 5) is 30.3. The number of benzene rings is 3. The fourth-order valence-corrected chi connectivity index (χ4v) is 6.33. The number of carbonyl (C=O) groups is 2. The van der Waals surface area contributed by atoms with Crippen LogP contribution in [0.15, 0.2) is 72.8 Å². The van der Waals surface area contributed by atoms with Crippen LogP contribution in [-0.2, 0) is 27.5 Å². The molecule has 3 aromatic carbocycles. The molecule has 45 heavy (non-hydrogen) atoms. The van der Waals surface area contributed by atoms with Crippen molar-refractivity contribution < 1.29 is 40.3 Å². The van der Waals surface area contributed by atoms with Gasteiger partial charge in [-0.15, -0.1) is 0 Å². The standard InChI is InChI=1S/C33H32F7N3O2/c1-21(22-17-24(32(35,36)37)19-25(18-22)33(38,39)40)30(45)41-31(23-5-3-2-4-6-23)13-11-27(12-14-31)42-15-16-43(29(44)20-42)28-9-7-26(34)8-10-28/h2-10,17-19,21,27H,11-16,20H2,1H3,(H,41,45)/t21-,27?,31?/m1/s1. The Kier molecular flexibility index (Phi) is 8.99. The highest BCUT2D eigenvalue weighted by atomic mass is 19.4. The second kappa shape index (κ2) is 12.5. The van der Waals surface area contributed by atoms with E-state index >= 15 is 0 Å². The number of amides is 2. The summed E-state index contributed by atoms with van der Waals surface area (Å²) in [6, 6.07) is 16.1. The molecule has 1 heterocycles. The maximum Gasteiger partial charge on any atom is 0.416 e. The van der Waals surface area contributed by atoms with E-state index in [2.05, 4.69) is 10.2 Å². The monoisotopic (exact) mass is 635 g/mol. The molecule has 2 fully saturated rings. The van der Waals surface area contributed by atoms with Gasteiger partial charge in [0.05, 0.1) is 29.1 Å². The first kappa shape index (κ1) is 32.5. The zero-order valence-corrected chi connectivity index (χ0v) is 24.4. The van der Waals surface area contributed by atoms with E-state index in [1.807, 2.05) is 12.1 Å². The second-order valence-electron chi connectivity index (χ2n) is 11.7. The van der Waals surface area contributed by atoms with E-state index in [1.54, 1.807) is 35.2 Å². The summed E-state index contributed by atoms with van der Waals surface area (Å²) in [6.45, 7) is 2.48. The minimum Gasteiger partial charge on any atom is -0.346 e. The van der Waals surface area contributed by atoms with Crippen LogP contribution in [0.2, 0.25) is 0 Å². The molecule has 0 bridgehead atoms. The molecule has 12 heteroatoms. The van der Waals surface area contributed by atoms with Crippen molar-refractivity contribution in [3.63, 3.8) is 0 Å². The topological polar surface area (TPSA) is 52.7 Å². The number of hydrogen-bond donors (Lipinski definition) is 1. The fourth-order valence-electron chi connectivity index (χ4n) is 6.33. The van der Waals surface area contributed by atoms with Crippen molar-refractivity contribution in [2.45, 2.75) is 62.5 Å². The van der Waals surface area contributed by atoms with Gasteiger partial charge in [0.15, 0.2) is 0 Å². The second-order valence-corrected chi connectivity index (χ2v) is 11.7. The number of anilines is 1. The van der Waals surface area contributed by atoms with Gasteiger partial charge in [-0.25, -0.2) is 4.39 Å². The van der Waals surface area contributed by atoms with E-state index < -0.39 is 46.7 Å². The van der Waals surface area contributed by atoms with E-state index in [9.17, 15) is 40.3 Å². The largest absolute Gasteiger partial charge is 0.416 e. The Morgan fingerprint density at radius 2 is 1.44 bits per heavy atom. The maximum absolute atomic E-state index is 13.6. The average molecular weight is 636 g/mol. The number of rotatable bonds is 6. The van der Waals surface area contributed by atoms with Crippen LogP contribution in [-0.4, -0.2) is 42.4 Å². The molecule has 0 unspecified atom stereocenters. The third kappa shape index (κ3) is 7.16. The first-order chi connectivity index (χ1) is 21.2. The molecule has 5 nitrogen and oxygen atoms in total. The van der Waals surface area contributed by atoms with Crippen LogP contribution >= 0.6 is 0 Å². The summed E-state index contributed by atoms with van der Waals surface area (Å²) in [7, 11) is 0. The van der Waals surface area contributed by atoms with Gasteiger partial charge in [-0.1, -0.05) is 30.3 Å². The Balaban J connectivity index is 1.32.